The van der Waals surface area contributed by atoms with Crippen LogP contribution < -0.4 is 10.0 Å². The number of rotatable bonds is 7. The zero-order chi connectivity index (χ0) is 19.3. The largest absolute Gasteiger partial charge is 0.468 e. The Balaban J connectivity index is 1.68. The third kappa shape index (κ3) is 4.84. The molecule has 2 N–H and O–H groups in total. The zero-order valence-corrected chi connectivity index (χ0v) is 15.6. The highest BCUT2D eigenvalue weighted by Crippen LogP contribution is 2.13. The van der Waals surface area contributed by atoms with E-state index in [0.717, 1.165) is 11.1 Å². The van der Waals surface area contributed by atoms with Crippen LogP contribution in [-0.4, -0.2) is 14.3 Å². The van der Waals surface area contributed by atoms with Crippen molar-refractivity contribution in [3.05, 3.63) is 89.4 Å². The van der Waals surface area contributed by atoms with E-state index in [1.807, 2.05) is 31.2 Å². The lowest BCUT2D eigenvalue weighted by molar-refractivity contribution is 0.0950. The maximum Gasteiger partial charge on any atom is 0.251 e. The van der Waals surface area contributed by atoms with Crippen LogP contribution in [0.5, 0.6) is 0 Å². The van der Waals surface area contributed by atoms with E-state index in [4.69, 9.17) is 4.42 Å². The summed E-state index contributed by atoms with van der Waals surface area (Å²) in [5, 5.41) is 2.82. The fraction of sp³-hybridized carbons (Fsp3) is 0.150. The fourth-order valence-electron chi connectivity index (χ4n) is 2.55. The lowest BCUT2D eigenvalue weighted by Crippen LogP contribution is -2.25. The molecule has 7 heteroatoms. The van der Waals surface area contributed by atoms with Crippen molar-refractivity contribution in [3.63, 3.8) is 0 Å². The first-order valence-corrected chi connectivity index (χ1v) is 9.89. The second-order valence-electron chi connectivity index (χ2n) is 6.04. The van der Waals surface area contributed by atoms with E-state index >= 15 is 0 Å². The van der Waals surface area contributed by atoms with Crippen molar-refractivity contribution in [2.24, 2.45) is 0 Å². The molecule has 0 aliphatic rings. The van der Waals surface area contributed by atoms with E-state index < -0.39 is 10.0 Å². The van der Waals surface area contributed by atoms with Gasteiger partial charge in [-0.3, -0.25) is 4.79 Å². The number of carbonyl (C=O) groups is 1. The molecule has 0 radical (unpaired) electrons. The molecule has 2 aromatic carbocycles. The highest BCUT2D eigenvalue weighted by molar-refractivity contribution is 7.89. The number of amides is 1. The molecule has 3 aromatic rings. The van der Waals surface area contributed by atoms with Crippen LogP contribution in [0.2, 0.25) is 0 Å². The Morgan fingerprint density at radius 3 is 2.56 bits per heavy atom. The predicted molar refractivity (Wildman–Crippen MR) is 102 cm³/mol. The average molecular weight is 384 g/mol. The molecule has 0 aliphatic carbocycles. The van der Waals surface area contributed by atoms with Crippen LogP contribution in [-0.2, 0) is 23.1 Å². The number of furan rings is 1. The highest BCUT2D eigenvalue weighted by atomic mass is 32.2. The van der Waals surface area contributed by atoms with Crippen LogP contribution in [0.1, 0.15) is 27.2 Å². The van der Waals surface area contributed by atoms with Crippen LogP contribution >= 0.6 is 0 Å². The first-order chi connectivity index (χ1) is 13.0. The molecule has 140 valence electrons. The summed E-state index contributed by atoms with van der Waals surface area (Å²) in [7, 11) is -3.76. The maximum absolute atomic E-state index is 12.4. The van der Waals surface area contributed by atoms with Crippen LogP contribution in [0.3, 0.4) is 0 Å². The summed E-state index contributed by atoms with van der Waals surface area (Å²) in [6.45, 7) is 2.39. The molecular formula is C20H20N2O4S. The number of benzene rings is 2. The molecular weight excluding hydrogens is 364 g/mol. The Morgan fingerprint density at radius 1 is 1.00 bits per heavy atom. The minimum atomic E-state index is -3.76. The Kier molecular flexibility index (Phi) is 5.73. The monoisotopic (exact) mass is 384 g/mol. The molecule has 0 unspecified atom stereocenters. The van der Waals surface area contributed by atoms with Gasteiger partial charge in [-0.1, -0.05) is 30.3 Å². The molecule has 1 heterocycles. The standard InChI is InChI=1S/C20H20N2O4S/c1-15-6-2-3-7-17(15)13-21-20(23)16-8-4-10-19(12-16)27(24,25)22-14-18-9-5-11-26-18/h2-12,22H,13-14H2,1H3,(H,21,23). The van der Waals surface area contributed by atoms with Crippen molar-refractivity contribution in [1.29, 1.82) is 0 Å². The summed E-state index contributed by atoms with van der Waals surface area (Å²) in [6, 6.07) is 17.1. The fourth-order valence-corrected chi connectivity index (χ4v) is 3.59. The van der Waals surface area contributed by atoms with Crippen molar-refractivity contribution in [2.75, 3.05) is 0 Å². The summed E-state index contributed by atoms with van der Waals surface area (Å²) >= 11 is 0. The number of hydrogen-bond donors (Lipinski definition) is 2. The lowest BCUT2D eigenvalue weighted by Gasteiger charge is -2.10. The molecule has 3 rings (SSSR count). The third-order valence-corrected chi connectivity index (χ3v) is 5.52. The predicted octanol–water partition coefficient (Wildman–Crippen LogP) is 3.00. The highest BCUT2D eigenvalue weighted by Gasteiger charge is 2.16. The van der Waals surface area contributed by atoms with Crippen molar-refractivity contribution in [2.45, 2.75) is 24.9 Å². The number of sulfonamides is 1. The van der Waals surface area contributed by atoms with Gasteiger partial charge in [0.15, 0.2) is 0 Å². The van der Waals surface area contributed by atoms with Gasteiger partial charge in [-0.15, -0.1) is 0 Å². The molecule has 0 atom stereocenters. The third-order valence-electron chi connectivity index (χ3n) is 4.12. The quantitative estimate of drug-likeness (QED) is 0.655. The Hall–Kier alpha value is -2.90. The molecule has 1 amide bonds. The van der Waals surface area contributed by atoms with Gasteiger partial charge in [0.1, 0.15) is 5.76 Å². The molecule has 0 fully saturated rings. The van der Waals surface area contributed by atoms with Gasteiger partial charge in [0, 0.05) is 12.1 Å². The van der Waals surface area contributed by atoms with E-state index in [1.54, 1.807) is 24.3 Å². The number of aryl methyl sites for hydroxylation is 1. The second-order valence-corrected chi connectivity index (χ2v) is 7.81. The van der Waals surface area contributed by atoms with Crippen LogP contribution in [0.15, 0.2) is 76.2 Å². The van der Waals surface area contributed by atoms with Crippen LogP contribution in [0.25, 0.3) is 0 Å². The van der Waals surface area contributed by atoms with Gasteiger partial charge in [0.2, 0.25) is 10.0 Å². The zero-order valence-electron chi connectivity index (χ0n) is 14.8. The van der Waals surface area contributed by atoms with Gasteiger partial charge in [-0.25, -0.2) is 13.1 Å². The smallest absolute Gasteiger partial charge is 0.251 e. The topological polar surface area (TPSA) is 88.4 Å². The molecule has 1 aromatic heterocycles. The minimum Gasteiger partial charge on any atom is -0.468 e. The van der Waals surface area contributed by atoms with Crippen molar-refractivity contribution >= 4 is 15.9 Å². The van der Waals surface area contributed by atoms with Crippen molar-refractivity contribution in [3.8, 4) is 0 Å². The van der Waals surface area contributed by atoms with Gasteiger partial charge < -0.3 is 9.73 Å². The second kappa shape index (κ2) is 8.20. The Bertz CT molecular complexity index is 1030. The first kappa shape index (κ1) is 18.9. The molecule has 0 saturated heterocycles. The average Bonchev–Trinajstić information content (AvgIpc) is 3.19. The summed E-state index contributed by atoms with van der Waals surface area (Å²) < 4.78 is 32.5. The van der Waals surface area contributed by atoms with E-state index in [9.17, 15) is 13.2 Å². The van der Waals surface area contributed by atoms with Gasteiger partial charge in [-0.05, 0) is 48.4 Å². The van der Waals surface area contributed by atoms with E-state index in [2.05, 4.69) is 10.0 Å². The summed E-state index contributed by atoms with van der Waals surface area (Å²) in [6.07, 6.45) is 1.48. The molecule has 0 aliphatic heterocycles. The van der Waals surface area contributed by atoms with Crippen LogP contribution in [0, 0.1) is 6.92 Å². The minimum absolute atomic E-state index is 0.0256. The summed E-state index contributed by atoms with van der Waals surface area (Å²) in [5.74, 6) is 0.173. The molecule has 0 saturated carbocycles. The SMILES string of the molecule is Cc1ccccc1CNC(=O)c1cccc(S(=O)(=O)NCc2ccco2)c1. The normalized spacial score (nSPS) is 11.3. The van der Waals surface area contributed by atoms with Crippen molar-refractivity contribution in [1.82, 2.24) is 10.0 Å². The Morgan fingerprint density at radius 2 is 1.81 bits per heavy atom. The number of hydrogen-bond acceptors (Lipinski definition) is 4. The van der Waals surface area contributed by atoms with Gasteiger partial charge in [-0.2, -0.15) is 0 Å². The van der Waals surface area contributed by atoms with E-state index in [1.165, 1.54) is 18.4 Å². The van der Waals surface area contributed by atoms with Crippen LogP contribution in [0.4, 0.5) is 0 Å². The van der Waals surface area contributed by atoms with Crippen molar-refractivity contribution < 1.29 is 17.6 Å². The molecule has 27 heavy (non-hydrogen) atoms. The number of nitrogens with one attached hydrogen (secondary N) is 2. The maximum atomic E-state index is 12.4. The molecule has 0 bridgehead atoms. The lowest BCUT2D eigenvalue weighted by atomic mass is 10.1. The summed E-state index contributed by atoms with van der Waals surface area (Å²) in [5.41, 5.74) is 2.37. The van der Waals surface area contributed by atoms with Gasteiger partial charge in [0.25, 0.3) is 5.91 Å². The van der Waals surface area contributed by atoms with E-state index in [-0.39, 0.29) is 22.9 Å². The summed E-state index contributed by atoms with van der Waals surface area (Å²) in [4.78, 5) is 12.4. The van der Waals surface area contributed by atoms with Gasteiger partial charge in [0.05, 0.1) is 17.7 Å². The first-order valence-electron chi connectivity index (χ1n) is 8.40. The molecule has 0 spiro atoms. The van der Waals surface area contributed by atoms with Gasteiger partial charge >= 0.3 is 0 Å². The number of carbonyl (C=O) groups excluding carboxylic acids is 1. The Labute approximate surface area is 158 Å². The van der Waals surface area contributed by atoms with E-state index in [0.29, 0.717) is 12.3 Å². The molecule has 6 nitrogen and oxygen atoms in total.